The lowest BCUT2D eigenvalue weighted by Crippen LogP contribution is -2.43. The fraction of sp³-hybridized carbons (Fsp3) is 0.625. The molecule has 1 fully saturated rings. The van der Waals surface area contributed by atoms with Gasteiger partial charge < -0.3 is 4.90 Å². The molecule has 0 unspecified atom stereocenters. The number of likely N-dealkylation sites (tertiary alicyclic amines) is 1. The number of hydrogen-bond acceptors (Lipinski definition) is 5. The molecule has 0 bridgehead atoms. The molecule has 1 saturated heterocycles. The van der Waals surface area contributed by atoms with Gasteiger partial charge in [-0.25, -0.2) is 4.98 Å². The van der Waals surface area contributed by atoms with Crippen molar-refractivity contribution >= 4 is 23.4 Å². The molecule has 6 nitrogen and oxygen atoms in total. The second-order valence-corrected chi connectivity index (χ2v) is 7.63. The van der Waals surface area contributed by atoms with Crippen molar-refractivity contribution in [1.82, 2.24) is 24.5 Å². The Hall–Kier alpha value is -1.63. The molecule has 7 heteroatoms. The van der Waals surface area contributed by atoms with E-state index in [1.54, 1.807) is 0 Å². The predicted molar refractivity (Wildman–Crippen MR) is 90.5 cm³/mol. The van der Waals surface area contributed by atoms with Gasteiger partial charge in [-0.1, -0.05) is 25.6 Å². The molecule has 0 N–H and O–H groups in total. The highest BCUT2D eigenvalue weighted by Crippen LogP contribution is 2.23. The van der Waals surface area contributed by atoms with Crippen molar-refractivity contribution in [1.29, 1.82) is 0 Å². The van der Waals surface area contributed by atoms with Crippen LogP contribution in [0.2, 0.25) is 0 Å². The Morgan fingerprint density at radius 2 is 1.96 bits per heavy atom. The minimum atomic E-state index is 0.183. The molecule has 124 valence electrons. The molecule has 0 aromatic carbocycles. The number of piperidine rings is 1. The first-order valence-electron chi connectivity index (χ1n) is 8.04. The molecule has 0 aliphatic carbocycles. The first kappa shape index (κ1) is 16.2. The summed E-state index contributed by atoms with van der Waals surface area (Å²) in [5.41, 5.74) is 1.96. The number of fused-ring (bicyclic) bond motifs is 1. The zero-order valence-electron chi connectivity index (χ0n) is 14.1. The van der Waals surface area contributed by atoms with E-state index in [9.17, 15) is 4.79 Å². The highest BCUT2D eigenvalue weighted by atomic mass is 32.2. The average molecular weight is 333 g/mol. The molecule has 1 amide bonds. The van der Waals surface area contributed by atoms with E-state index >= 15 is 0 Å². The number of rotatable bonds is 3. The van der Waals surface area contributed by atoms with Crippen LogP contribution in [-0.4, -0.2) is 49.2 Å². The normalized spacial score (nSPS) is 21.8. The van der Waals surface area contributed by atoms with E-state index in [4.69, 9.17) is 0 Å². The van der Waals surface area contributed by atoms with Crippen molar-refractivity contribution in [2.75, 3.05) is 18.8 Å². The van der Waals surface area contributed by atoms with Crippen LogP contribution in [0.15, 0.2) is 11.2 Å². The van der Waals surface area contributed by atoms with Crippen molar-refractivity contribution in [3.8, 4) is 0 Å². The summed E-state index contributed by atoms with van der Waals surface area (Å²) in [6.07, 6.45) is 1.20. The Bertz CT molecular complexity index is 719. The van der Waals surface area contributed by atoms with E-state index in [1.807, 2.05) is 29.2 Å². The minimum absolute atomic E-state index is 0.183. The summed E-state index contributed by atoms with van der Waals surface area (Å²) in [5.74, 6) is 2.33. The number of nitrogens with zero attached hydrogens (tertiary/aromatic N) is 5. The Labute approximate surface area is 140 Å². The number of carbonyl (C=O) groups excluding carboxylic acids is 1. The van der Waals surface area contributed by atoms with Crippen molar-refractivity contribution in [3.63, 3.8) is 0 Å². The number of thioether (sulfide) groups is 1. The van der Waals surface area contributed by atoms with Gasteiger partial charge in [0.25, 0.3) is 5.78 Å². The molecule has 1 aliphatic rings. The maximum absolute atomic E-state index is 12.5. The van der Waals surface area contributed by atoms with Gasteiger partial charge in [-0.3, -0.25) is 9.20 Å². The van der Waals surface area contributed by atoms with Gasteiger partial charge in [0.2, 0.25) is 5.91 Å². The third kappa shape index (κ3) is 3.49. The Balaban J connectivity index is 1.70. The van der Waals surface area contributed by atoms with Gasteiger partial charge in [0.1, 0.15) is 0 Å². The van der Waals surface area contributed by atoms with Gasteiger partial charge in [0.15, 0.2) is 5.16 Å². The van der Waals surface area contributed by atoms with Crippen molar-refractivity contribution in [2.24, 2.45) is 11.8 Å². The second kappa shape index (κ2) is 6.47. The van der Waals surface area contributed by atoms with Gasteiger partial charge in [0.05, 0.1) is 5.75 Å². The summed E-state index contributed by atoms with van der Waals surface area (Å²) < 4.78 is 1.91. The van der Waals surface area contributed by atoms with Gasteiger partial charge in [-0.05, 0) is 38.2 Å². The van der Waals surface area contributed by atoms with Crippen LogP contribution >= 0.6 is 11.8 Å². The van der Waals surface area contributed by atoms with Crippen LogP contribution in [0, 0.1) is 25.7 Å². The lowest BCUT2D eigenvalue weighted by molar-refractivity contribution is -0.130. The van der Waals surface area contributed by atoms with E-state index in [0.29, 0.717) is 23.4 Å². The maximum Gasteiger partial charge on any atom is 0.256 e. The van der Waals surface area contributed by atoms with Crippen molar-refractivity contribution in [3.05, 3.63) is 17.5 Å². The Morgan fingerprint density at radius 3 is 2.65 bits per heavy atom. The summed E-state index contributed by atoms with van der Waals surface area (Å²) >= 11 is 1.44. The first-order valence-corrected chi connectivity index (χ1v) is 9.02. The maximum atomic E-state index is 12.5. The zero-order chi connectivity index (χ0) is 16.6. The van der Waals surface area contributed by atoms with Crippen LogP contribution < -0.4 is 0 Å². The highest BCUT2D eigenvalue weighted by molar-refractivity contribution is 7.99. The van der Waals surface area contributed by atoms with Crippen LogP contribution in [-0.2, 0) is 4.79 Å². The van der Waals surface area contributed by atoms with Gasteiger partial charge >= 0.3 is 0 Å². The number of amides is 1. The third-order valence-electron chi connectivity index (χ3n) is 4.21. The SMILES string of the molecule is Cc1cc(C)n2c(SCC(=O)N3C[C@@H](C)C[C@H](C)C3)nnc2n1. The monoisotopic (exact) mass is 333 g/mol. The molecular weight excluding hydrogens is 310 g/mol. The fourth-order valence-corrected chi connectivity index (χ4v) is 4.27. The summed E-state index contributed by atoms with van der Waals surface area (Å²) in [6.45, 7) is 10.1. The van der Waals surface area contributed by atoms with Gasteiger partial charge in [-0.2, -0.15) is 0 Å². The number of hydrogen-bond donors (Lipinski definition) is 0. The van der Waals surface area contributed by atoms with E-state index in [-0.39, 0.29) is 5.91 Å². The fourth-order valence-electron chi connectivity index (χ4n) is 3.38. The topological polar surface area (TPSA) is 63.4 Å². The summed E-state index contributed by atoms with van der Waals surface area (Å²) in [7, 11) is 0. The van der Waals surface area contributed by atoms with Crippen molar-refractivity contribution in [2.45, 2.75) is 39.3 Å². The molecule has 1 aliphatic heterocycles. The number of aryl methyl sites for hydroxylation is 2. The molecule has 0 saturated carbocycles. The van der Waals surface area contributed by atoms with E-state index < -0.39 is 0 Å². The second-order valence-electron chi connectivity index (χ2n) is 6.69. The molecule has 2 aromatic rings. The van der Waals surface area contributed by atoms with E-state index in [1.165, 1.54) is 18.2 Å². The van der Waals surface area contributed by atoms with Gasteiger partial charge in [0, 0.05) is 24.5 Å². The summed E-state index contributed by atoms with van der Waals surface area (Å²) in [4.78, 5) is 18.9. The van der Waals surface area contributed by atoms with Crippen LogP contribution in [0.5, 0.6) is 0 Å². The Kier molecular flexibility index (Phi) is 4.57. The molecule has 2 atom stereocenters. The van der Waals surface area contributed by atoms with E-state index in [0.717, 1.165) is 29.6 Å². The molecule has 23 heavy (non-hydrogen) atoms. The number of aromatic nitrogens is 4. The quantitative estimate of drug-likeness (QED) is 0.807. The summed E-state index contributed by atoms with van der Waals surface area (Å²) in [6, 6.07) is 2.00. The lowest BCUT2D eigenvalue weighted by atomic mass is 9.92. The molecule has 3 rings (SSSR count). The zero-order valence-corrected chi connectivity index (χ0v) is 14.9. The minimum Gasteiger partial charge on any atom is -0.341 e. The average Bonchev–Trinajstić information content (AvgIpc) is 2.86. The highest BCUT2D eigenvalue weighted by Gasteiger charge is 2.25. The Morgan fingerprint density at radius 1 is 1.26 bits per heavy atom. The van der Waals surface area contributed by atoms with Crippen LogP contribution in [0.25, 0.3) is 5.78 Å². The third-order valence-corrected chi connectivity index (χ3v) is 5.12. The van der Waals surface area contributed by atoms with Crippen molar-refractivity contribution < 1.29 is 4.79 Å². The molecule has 0 spiro atoms. The van der Waals surface area contributed by atoms with E-state index in [2.05, 4.69) is 29.0 Å². The standard InChI is InChI=1S/C16H23N5OS/c1-10-5-11(2)8-20(7-10)14(22)9-23-16-19-18-15-17-12(3)6-13(4)21(15)16/h6,10-11H,5,7-9H2,1-4H3/t10-,11-/m0/s1. The van der Waals surface area contributed by atoms with Crippen LogP contribution in [0.1, 0.15) is 31.7 Å². The number of carbonyl (C=O) groups is 1. The molecule has 2 aromatic heterocycles. The predicted octanol–water partition coefficient (Wildman–Crippen LogP) is 2.34. The largest absolute Gasteiger partial charge is 0.341 e. The molecule has 0 radical (unpaired) electrons. The van der Waals surface area contributed by atoms with Crippen LogP contribution in [0.4, 0.5) is 0 Å². The molecular formula is C16H23N5OS. The summed E-state index contributed by atoms with van der Waals surface area (Å²) in [5, 5.41) is 9.03. The lowest BCUT2D eigenvalue weighted by Gasteiger charge is -2.34. The molecule has 3 heterocycles. The first-order chi connectivity index (χ1) is 10.9. The van der Waals surface area contributed by atoms with Gasteiger partial charge in [-0.15, -0.1) is 10.2 Å². The smallest absolute Gasteiger partial charge is 0.256 e. The van der Waals surface area contributed by atoms with Crippen LogP contribution in [0.3, 0.4) is 0 Å².